The Bertz CT molecular complexity index is 219. The normalized spacial score (nSPS) is 16.9. The van der Waals surface area contributed by atoms with E-state index < -0.39 is 17.9 Å². The first-order valence-corrected chi connectivity index (χ1v) is 5.75. The largest absolute Gasteiger partial charge is 0.395 e. The van der Waals surface area contributed by atoms with Gasteiger partial charge in [0.05, 0.1) is 6.61 Å². The van der Waals surface area contributed by atoms with Crippen molar-refractivity contribution in [3.8, 4) is 0 Å². The minimum absolute atomic E-state index is 0.320. The topological polar surface area (TPSA) is 125 Å². The Morgan fingerprint density at radius 2 is 1.41 bits per heavy atom. The third-order valence-corrected chi connectivity index (χ3v) is 2.66. The number of rotatable bonds is 8. The molecule has 0 radical (unpaired) electrons. The van der Waals surface area contributed by atoms with Crippen LogP contribution in [0.4, 0.5) is 0 Å². The molecule has 7 nitrogen and oxygen atoms in total. The quantitative estimate of drug-likeness (QED) is 0.249. The monoisotopic (exact) mass is 252 g/mol. The molecule has 0 saturated heterocycles. The van der Waals surface area contributed by atoms with Crippen LogP contribution in [0.5, 0.6) is 0 Å². The summed E-state index contributed by atoms with van der Waals surface area (Å²) in [6.07, 6.45) is 0.981. The van der Waals surface area contributed by atoms with Gasteiger partial charge in [0, 0.05) is 12.1 Å². The summed E-state index contributed by atoms with van der Waals surface area (Å²) in [5.41, 5.74) is 0. The Morgan fingerprint density at radius 3 is 1.76 bits per heavy atom. The lowest BCUT2D eigenvalue weighted by atomic mass is 10.2. The van der Waals surface area contributed by atoms with Crippen LogP contribution in [0.2, 0.25) is 0 Å². The van der Waals surface area contributed by atoms with Gasteiger partial charge in [0.2, 0.25) is 0 Å². The van der Waals surface area contributed by atoms with Crippen molar-refractivity contribution in [2.24, 2.45) is 0 Å². The van der Waals surface area contributed by atoms with E-state index >= 15 is 0 Å². The van der Waals surface area contributed by atoms with Gasteiger partial charge >= 0.3 is 0 Å². The number of nitrogens with one attached hydrogen (secondary N) is 2. The first kappa shape index (κ1) is 16.7. The average molecular weight is 252 g/mol. The van der Waals surface area contributed by atoms with Crippen LogP contribution in [0, 0.1) is 0 Å². The van der Waals surface area contributed by atoms with Crippen molar-refractivity contribution in [3.05, 3.63) is 0 Å². The highest BCUT2D eigenvalue weighted by atomic mass is 16.6. The molecule has 0 heterocycles. The Hall–Kier alpha value is -0.280. The molecule has 7 heteroatoms. The van der Waals surface area contributed by atoms with Crippen LogP contribution in [0.3, 0.4) is 0 Å². The van der Waals surface area contributed by atoms with E-state index in [4.69, 9.17) is 5.11 Å². The predicted molar refractivity (Wildman–Crippen MR) is 61.5 cm³/mol. The second-order valence-corrected chi connectivity index (χ2v) is 4.23. The summed E-state index contributed by atoms with van der Waals surface area (Å²) in [6.45, 7) is 4.84. The molecule has 0 aliphatic carbocycles. The molecule has 0 aromatic heterocycles. The van der Waals surface area contributed by atoms with Crippen LogP contribution in [0.1, 0.15) is 33.6 Å². The van der Waals surface area contributed by atoms with E-state index in [-0.39, 0.29) is 12.6 Å². The number of hydrogen-bond acceptors (Lipinski definition) is 7. The van der Waals surface area contributed by atoms with Gasteiger partial charge in [-0.05, 0) is 19.8 Å². The van der Waals surface area contributed by atoms with Crippen LogP contribution >= 0.6 is 0 Å². The summed E-state index contributed by atoms with van der Waals surface area (Å²) in [6, 6.07) is -0.970. The maximum atomic E-state index is 9.59. The second-order valence-electron chi connectivity index (χ2n) is 4.23. The standard InChI is InChI=1S/C10H24N2O5/c1-4-7(3)11-9(14,15)10(16,17)12-8(5-2)6-13/h7-8,11-17H,4-6H2,1-3H3/t7-,8?/m1/s1. The van der Waals surface area contributed by atoms with Crippen LogP contribution in [-0.2, 0) is 0 Å². The van der Waals surface area contributed by atoms with Gasteiger partial charge in [-0.3, -0.25) is 10.6 Å². The molecule has 2 atom stereocenters. The molecule has 0 aliphatic rings. The second kappa shape index (κ2) is 6.60. The van der Waals surface area contributed by atoms with Crippen LogP contribution < -0.4 is 10.6 Å². The molecule has 0 aromatic rings. The first-order chi connectivity index (χ1) is 7.70. The molecule has 17 heavy (non-hydrogen) atoms. The van der Waals surface area contributed by atoms with E-state index in [1.165, 1.54) is 0 Å². The Labute approximate surface area is 101 Å². The van der Waals surface area contributed by atoms with Gasteiger partial charge in [0.15, 0.2) is 0 Å². The van der Waals surface area contributed by atoms with Crippen molar-refractivity contribution < 1.29 is 25.5 Å². The molecule has 1 unspecified atom stereocenters. The van der Waals surface area contributed by atoms with E-state index in [9.17, 15) is 20.4 Å². The molecule has 0 aromatic carbocycles. The Balaban J connectivity index is 4.64. The molecule has 0 rings (SSSR count). The number of aliphatic hydroxyl groups excluding tert-OH is 1. The van der Waals surface area contributed by atoms with Crippen molar-refractivity contribution in [1.82, 2.24) is 10.6 Å². The van der Waals surface area contributed by atoms with E-state index in [1.54, 1.807) is 20.8 Å². The summed E-state index contributed by atoms with van der Waals surface area (Å²) >= 11 is 0. The number of aliphatic hydroxyl groups is 5. The lowest BCUT2D eigenvalue weighted by Crippen LogP contribution is -2.72. The van der Waals surface area contributed by atoms with E-state index in [2.05, 4.69) is 10.6 Å². The van der Waals surface area contributed by atoms with Crippen molar-refractivity contribution in [2.75, 3.05) is 6.61 Å². The molecule has 0 fully saturated rings. The predicted octanol–water partition coefficient (Wildman–Crippen LogP) is -1.99. The van der Waals surface area contributed by atoms with Crippen molar-refractivity contribution in [2.45, 2.75) is 57.5 Å². The van der Waals surface area contributed by atoms with Gasteiger partial charge in [-0.15, -0.1) is 0 Å². The molecule has 0 amide bonds. The molecule has 104 valence electrons. The first-order valence-electron chi connectivity index (χ1n) is 5.75. The minimum atomic E-state index is -2.96. The fraction of sp³-hybridized carbons (Fsp3) is 1.00. The zero-order chi connectivity index (χ0) is 13.7. The third kappa shape index (κ3) is 4.84. The molecule has 7 N–H and O–H groups in total. The summed E-state index contributed by atoms with van der Waals surface area (Å²) < 4.78 is 0. The number of hydrogen-bond donors (Lipinski definition) is 7. The van der Waals surface area contributed by atoms with Gasteiger partial charge in [-0.1, -0.05) is 13.8 Å². The zero-order valence-corrected chi connectivity index (χ0v) is 10.5. The average Bonchev–Trinajstić information content (AvgIpc) is 2.24. The van der Waals surface area contributed by atoms with E-state index in [1.807, 2.05) is 0 Å². The highest BCUT2D eigenvalue weighted by molar-refractivity contribution is 4.83. The third-order valence-electron chi connectivity index (χ3n) is 2.66. The fourth-order valence-corrected chi connectivity index (χ4v) is 1.21. The van der Waals surface area contributed by atoms with Crippen molar-refractivity contribution in [1.29, 1.82) is 0 Å². The van der Waals surface area contributed by atoms with Gasteiger partial charge in [-0.2, -0.15) is 0 Å². The lowest BCUT2D eigenvalue weighted by Gasteiger charge is -2.39. The summed E-state index contributed by atoms with van der Waals surface area (Å²) in [7, 11) is 0. The summed E-state index contributed by atoms with van der Waals surface area (Å²) in [4.78, 5) is 0. The smallest absolute Gasteiger partial charge is 0.295 e. The van der Waals surface area contributed by atoms with Gasteiger partial charge in [0.25, 0.3) is 11.8 Å². The Morgan fingerprint density at radius 1 is 0.941 bits per heavy atom. The van der Waals surface area contributed by atoms with Crippen LogP contribution in [0.15, 0.2) is 0 Å². The van der Waals surface area contributed by atoms with Crippen LogP contribution in [0.25, 0.3) is 0 Å². The van der Waals surface area contributed by atoms with Crippen molar-refractivity contribution in [3.63, 3.8) is 0 Å². The Kier molecular flexibility index (Phi) is 6.49. The zero-order valence-electron chi connectivity index (χ0n) is 10.5. The fourth-order valence-electron chi connectivity index (χ4n) is 1.21. The van der Waals surface area contributed by atoms with E-state index in [0.29, 0.717) is 12.8 Å². The molecular formula is C10H24N2O5. The molecule has 0 aliphatic heterocycles. The highest BCUT2D eigenvalue weighted by Crippen LogP contribution is 2.14. The van der Waals surface area contributed by atoms with Gasteiger partial charge < -0.3 is 25.5 Å². The molecule has 0 spiro atoms. The van der Waals surface area contributed by atoms with Gasteiger partial charge in [0.1, 0.15) is 0 Å². The molecule has 0 bridgehead atoms. The summed E-state index contributed by atoms with van der Waals surface area (Å²) in [5, 5.41) is 51.7. The van der Waals surface area contributed by atoms with E-state index in [0.717, 1.165) is 0 Å². The van der Waals surface area contributed by atoms with Crippen LogP contribution in [-0.4, -0.2) is 56.0 Å². The molecule has 0 saturated carbocycles. The van der Waals surface area contributed by atoms with Gasteiger partial charge in [-0.25, -0.2) is 0 Å². The SMILES string of the molecule is CCC(CO)NC(O)(O)C(O)(O)N[C@H](C)CC. The lowest BCUT2D eigenvalue weighted by molar-refractivity contribution is -0.387. The maximum absolute atomic E-state index is 9.59. The maximum Gasteiger partial charge on any atom is 0.295 e. The minimum Gasteiger partial charge on any atom is -0.395 e. The van der Waals surface area contributed by atoms with Crippen molar-refractivity contribution >= 4 is 0 Å². The molecular weight excluding hydrogens is 228 g/mol. The highest BCUT2D eigenvalue weighted by Gasteiger charge is 2.49. The summed E-state index contributed by atoms with van der Waals surface area (Å²) in [5.74, 6) is -5.87.